The topological polar surface area (TPSA) is 65.3 Å². The molecule has 10 heavy (non-hydrogen) atoms. The van der Waals surface area contributed by atoms with E-state index in [1.54, 1.807) is 0 Å². The Hall–Kier alpha value is -1.65. The van der Waals surface area contributed by atoms with Crippen LogP contribution in [0.4, 0.5) is 0 Å². The van der Waals surface area contributed by atoms with Gasteiger partial charge in [0.2, 0.25) is 0 Å². The summed E-state index contributed by atoms with van der Waals surface area (Å²) in [7, 11) is 0. The second kappa shape index (κ2) is 2.77. The molecule has 0 amide bonds. The smallest absolute Gasteiger partial charge is 0.276 e. The lowest BCUT2D eigenvalue weighted by Crippen LogP contribution is -2.02. The number of pyridine rings is 1. The van der Waals surface area contributed by atoms with Crippen molar-refractivity contribution < 1.29 is 9.92 Å². The molecule has 1 aromatic heterocycles. The second-order valence-electron chi connectivity index (χ2n) is 1.50. The van der Waals surface area contributed by atoms with Gasteiger partial charge in [-0.25, -0.2) is 0 Å². The van der Waals surface area contributed by atoms with Crippen molar-refractivity contribution in [2.75, 3.05) is 0 Å². The van der Waals surface area contributed by atoms with E-state index in [0.717, 1.165) is 0 Å². The molecule has 0 aliphatic carbocycles. The molecule has 5 heteroatoms. The standard InChI is InChI=1S/C5H4N2O3/c8-7(9)10-5-1-3-6-4-2-5/h1-4H. The van der Waals surface area contributed by atoms with Gasteiger partial charge in [0.1, 0.15) is 5.75 Å². The fraction of sp³-hybridized carbons (Fsp3) is 0. The molecule has 0 radical (unpaired) electrons. The molecule has 1 aromatic rings. The Balaban J connectivity index is 2.67. The first-order valence-corrected chi connectivity index (χ1v) is 2.51. The summed E-state index contributed by atoms with van der Waals surface area (Å²) in [5.74, 6) is 0.181. The molecule has 0 saturated carbocycles. The monoisotopic (exact) mass is 140 g/mol. The first kappa shape index (κ1) is 6.47. The summed E-state index contributed by atoms with van der Waals surface area (Å²) >= 11 is 0. The lowest BCUT2D eigenvalue weighted by molar-refractivity contribution is -0.711. The van der Waals surface area contributed by atoms with E-state index in [2.05, 4.69) is 9.82 Å². The average Bonchev–Trinajstić information content (AvgIpc) is 1.88. The lowest BCUT2D eigenvalue weighted by Gasteiger charge is -1.93. The molecule has 0 saturated heterocycles. The summed E-state index contributed by atoms with van der Waals surface area (Å²) < 4.78 is 0. The number of aromatic nitrogens is 1. The molecular weight excluding hydrogens is 136 g/mol. The molecule has 0 fully saturated rings. The van der Waals surface area contributed by atoms with Crippen molar-refractivity contribution in [1.82, 2.24) is 4.98 Å². The first-order chi connectivity index (χ1) is 4.79. The molecule has 0 aliphatic heterocycles. The van der Waals surface area contributed by atoms with Gasteiger partial charge in [0.25, 0.3) is 5.09 Å². The van der Waals surface area contributed by atoms with Crippen LogP contribution >= 0.6 is 0 Å². The maximum Gasteiger partial charge on any atom is 0.299 e. The summed E-state index contributed by atoms with van der Waals surface area (Å²) in [4.78, 5) is 17.5. The van der Waals surface area contributed by atoms with Crippen molar-refractivity contribution in [3.8, 4) is 5.75 Å². The van der Waals surface area contributed by atoms with Crippen LogP contribution in [0.5, 0.6) is 5.75 Å². The SMILES string of the molecule is O=[N+]([O-])Oc1ccncc1. The Morgan fingerprint density at radius 2 is 2.10 bits per heavy atom. The third-order valence-electron chi connectivity index (χ3n) is 0.830. The van der Waals surface area contributed by atoms with Crippen molar-refractivity contribution in [2.45, 2.75) is 0 Å². The zero-order chi connectivity index (χ0) is 7.40. The molecular formula is C5H4N2O3. The molecule has 5 nitrogen and oxygen atoms in total. The highest BCUT2D eigenvalue weighted by Crippen LogP contribution is 2.05. The largest absolute Gasteiger partial charge is 0.299 e. The van der Waals surface area contributed by atoms with Crippen molar-refractivity contribution >= 4 is 0 Å². The summed E-state index contributed by atoms with van der Waals surface area (Å²) in [6, 6.07) is 2.81. The predicted octanol–water partition coefficient (Wildman–Crippen LogP) is 0.652. The zero-order valence-electron chi connectivity index (χ0n) is 4.93. The van der Waals surface area contributed by atoms with Gasteiger partial charge < -0.3 is 0 Å². The minimum absolute atomic E-state index is 0.181. The van der Waals surface area contributed by atoms with Crippen LogP contribution in [-0.4, -0.2) is 10.1 Å². The van der Waals surface area contributed by atoms with Crippen molar-refractivity contribution in [3.63, 3.8) is 0 Å². The fourth-order valence-electron chi connectivity index (χ4n) is 0.485. The van der Waals surface area contributed by atoms with Gasteiger partial charge in [-0.05, 0) is 12.1 Å². The van der Waals surface area contributed by atoms with Crippen LogP contribution in [0.2, 0.25) is 0 Å². The number of hydrogen-bond donors (Lipinski definition) is 0. The minimum Gasteiger partial charge on any atom is -0.276 e. The average molecular weight is 140 g/mol. The Morgan fingerprint density at radius 1 is 1.50 bits per heavy atom. The highest BCUT2D eigenvalue weighted by Gasteiger charge is 1.95. The third-order valence-corrected chi connectivity index (χ3v) is 0.830. The van der Waals surface area contributed by atoms with Crippen molar-refractivity contribution in [2.24, 2.45) is 0 Å². The molecule has 0 aliphatic rings. The Labute approximate surface area is 56.4 Å². The van der Waals surface area contributed by atoms with Crippen LogP contribution in [0.15, 0.2) is 24.5 Å². The predicted molar refractivity (Wildman–Crippen MR) is 31.9 cm³/mol. The Kier molecular flexibility index (Phi) is 1.79. The normalized spacial score (nSPS) is 8.80. The molecule has 52 valence electrons. The van der Waals surface area contributed by atoms with Crippen LogP contribution in [0, 0.1) is 10.1 Å². The summed E-state index contributed by atoms with van der Waals surface area (Å²) in [5.41, 5.74) is 0. The number of rotatable bonds is 2. The molecule has 0 spiro atoms. The van der Waals surface area contributed by atoms with E-state index >= 15 is 0 Å². The van der Waals surface area contributed by atoms with Gasteiger partial charge in [-0.3, -0.25) is 9.82 Å². The molecule has 0 atom stereocenters. The van der Waals surface area contributed by atoms with Gasteiger partial charge >= 0.3 is 0 Å². The van der Waals surface area contributed by atoms with E-state index in [9.17, 15) is 10.1 Å². The van der Waals surface area contributed by atoms with E-state index in [1.165, 1.54) is 24.5 Å². The van der Waals surface area contributed by atoms with Gasteiger partial charge in [-0.1, -0.05) is 0 Å². The van der Waals surface area contributed by atoms with E-state index in [0.29, 0.717) is 0 Å². The Morgan fingerprint density at radius 3 is 2.60 bits per heavy atom. The van der Waals surface area contributed by atoms with E-state index in [-0.39, 0.29) is 5.75 Å². The zero-order valence-corrected chi connectivity index (χ0v) is 4.93. The summed E-state index contributed by atoms with van der Waals surface area (Å²) in [6.45, 7) is 0. The fourth-order valence-corrected chi connectivity index (χ4v) is 0.485. The highest BCUT2D eigenvalue weighted by molar-refractivity contribution is 5.15. The van der Waals surface area contributed by atoms with Gasteiger partial charge in [0.15, 0.2) is 0 Å². The van der Waals surface area contributed by atoms with Crippen LogP contribution < -0.4 is 4.84 Å². The van der Waals surface area contributed by atoms with Crippen LogP contribution in [0.1, 0.15) is 0 Å². The quantitative estimate of drug-likeness (QED) is 0.447. The number of nitrogens with zero attached hydrogens (tertiary/aromatic N) is 2. The van der Waals surface area contributed by atoms with Crippen LogP contribution in [-0.2, 0) is 0 Å². The van der Waals surface area contributed by atoms with E-state index < -0.39 is 5.09 Å². The minimum atomic E-state index is -0.866. The van der Waals surface area contributed by atoms with E-state index in [1.807, 2.05) is 0 Å². The molecule has 0 N–H and O–H groups in total. The summed E-state index contributed by atoms with van der Waals surface area (Å²) in [5, 5.41) is 8.87. The van der Waals surface area contributed by atoms with Gasteiger partial charge in [-0.15, -0.1) is 10.1 Å². The van der Waals surface area contributed by atoms with Gasteiger partial charge in [0.05, 0.1) is 0 Å². The van der Waals surface area contributed by atoms with E-state index in [4.69, 9.17) is 0 Å². The molecule has 1 rings (SSSR count). The molecule has 0 bridgehead atoms. The highest BCUT2D eigenvalue weighted by atomic mass is 17.0. The van der Waals surface area contributed by atoms with Crippen molar-refractivity contribution in [1.29, 1.82) is 0 Å². The first-order valence-electron chi connectivity index (χ1n) is 2.51. The maximum atomic E-state index is 9.73. The van der Waals surface area contributed by atoms with Crippen molar-refractivity contribution in [3.05, 3.63) is 34.6 Å². The molecule has 0 aromatic carbocycles. The molecule has 1 heterocycles. The van der Waals surface area contributed by atoms with Gasteiger partial charge in [0, 0.05) is 12.4 Å². The summed E-state index contributed by atoms with van der Waals surface area (Å²) in [6.07, 6.45) is 2.83. The van der Waals surface area contributed by atoms with Gasteiger partial charge in [-0.2, -0.15) is 0 Å². The second-order valence-corrected chi connectivity index (χ2v) is 1.50. The van der Waals surface area contributed by atoms with Crippen LogP contribution in [0.25, 0.3) is 0 Å². The Bertz CT molecular complexity index is 224. The third kappa shape index (κ3) is 1.70. The number of hydrogen-bond acceptors (Lipinski definition) is 4. The maximum absolute atomic E-state index is 9.73. The van der Waals surface area contributed by atoms with Crippen LogP contribution in [0.3, 0.4) is 0 Å². The lowest BCUT2D eigenvalue weighted by atomic mass is 10.5. The molecule has 0 unspecified atom stereocenters.